The zero-order chi connectivity index (χ0) is 15.0. The predicted molar refractivity (Wildman–Crippen MR) is 88.1 cm³/mol. The van der Waals surface area contributed by atoms with Gasteiger partial charge in [-0.05, 0) is 47.9 Å². The molecular formula is C16H16N2OS2. The first-order chi connectivity index (χ1) is 10.1. The van der Waals surface area contributed by atoms with Crippen molar-refractivity contribution in [3.63, 3.8) is 0 Å². The molecule has 3 rings (SSSR count). The lowest BCUT2D eigenvalue weighted by Crippen LogP contribution is -2.34. The van der Waals surface area contributed by atoms with Gasteiger partial charge in [0.2, 0.25) is 5.91 Å². The van der Waals surface area contributed by atoms with Crippen molar-refractivity contribution in [1.82, 2.24) is 4.90 Å². The molecule has 0 saturated carbocycles. The molecule has 2 aliphatic heterocycles. The van der Waals surface area contributed by atoms with E-state index in [1.165, 1.54) is 32.5 Å². The second-order valence-corrected chi connectivity index (χ2v) is 7.78. The summed E-state index contributed by atoms with van der Waals surface area (Å²) >= 11 is 3.44. The number of hydrogen-bond donors (Lipinski definition) is 0. The van der Waals surface area contributed by atoms with E-state index in [-0.39, 0.29) is 11.2 Å². The minimum absolute atomic E-state index is 0.0380. The molecule has 0 aromatic carbocycles. The van der Waals surface area contributed by atoms with Crippen LogP contribution in [0.4, 0.5) is 0 Å². The highest BCUT2D eigenvalue weighted by Crippen LogP contribution is 2.42. The van der Waals surface area contributed by atoms with Gasteiger partial charge in [0.25, 0.3) is 0 Å². The van der Waals surface area contributed by atoms with Crippen LogP contribution in [0.5, 0.6) is 0 Å². The number of hydrogen-bond acceptors (Lipinski definition) is 4. The third kappa shape index (κ3) is 2.54. The Bertz CT molecular complexity index is 681. The average molecular weight is 316 g/mol. The smallest absolute Gasteiger partial charge is 0.246 e. The molecular weight excluding hydrogens is 300 g/mol. The number of carbonyl (C=O) groups excluding carboxylic acids is 1. The van der Waals surface area contributed by atoms with Gasteiger partial charge in [0.1, 0.15) is 5.25 Å². The summed E-state index contributed by atoms with van der Waals surface area (Å²) in [5, 5.41) is 9.28. The Kier molecular flexibility index (Phi) is 3.92. The quantitative estimate of drug-likeness (QED) is 0.746. The standard InChI is InChI=1S/C16H16N2OS2/c1-3-16(19)18-8-13(11-4-5-20-14(11)7-17)12-6-10(2)21-15(12)9-18/h3,6,14H,1,4-5,8-9H2,2H3/b13-11+. The molecule has 3 nitrogen and oxygen atoms in total. The largest absolute Gasteiger partial charge is 0.330 e. The van der Waals surface area contributed by atoms with Crippen LogP contribution in [-0.2, 0) is 11.3 Å². The normalized spacial score (nSPS) is 24.6. The van der Waals surface area contributed by atoms with Crippen LogP contribution in [0.25, 0.3) is 5.57 Å². The molecule has 1 fully saturated rings. The number of rotatable bonds is 1. The van der Waals surface area contributed by atoms with Crippen LogP contribution < -0.4 is 0 Å². The van der Waals surface area contributed by atoms with E-state index in [2.05, 4.69) is 25.6 Å². The molecule has 0 N–H and O–H groups in total. The average Bonchev–Trinajstić information content (AvgIpc) is 3.09. The van der Waals surface area contributed by atoms with Gasteiger partial charge in [0.15, 0.2) is 0 Å². The van der Waals surface area contributed by atoms with Gasteiger partial charge in [-0.15, -0.1) is 23.1 Å². The Labute approximate surface area is 132 Å². The molecule has 5 heteroatoms. The monoisotopic (exact) mass is 316 g/mol. The maximum atomic E-state index is 12.0. The fraction of sp³-hybridized carbons (Fsp3) is 0.375. The molecule has 1 aromatic rings. The van der Waals surface area contributed by atoms with Crippen LogP contribution >= 0.6 is 23.1 Å². The number of amides is 1. The first-order valence-corrected chi connectivity index (χ1v) is 8.74. The van der Waals surface area contributed by atoms with Crippen LogP contribution in [0.3, 0.4) is 0 Å². The number of fused-ring (bicyclic) bond motifs is 1. The molecule has 2 aliphatic rings. The number of nitrogens with zero attached hydrogens (tertiary/aromatic N) is 2. The van der Waals surface area contributed by atoms with Crippen molar-refractivity contribution in [3.8, 4) is 6.07 Å². The van der Waals surface area contributed by atoms with Gasteiger partial charge < -0.3 is 4.90 Å². The van der Waals surface area contributed by atoms with Crippen molar-refractivity contribution in [1.29, 1.82) is 5.26 Å². The molecule has 1 saturated heterocycles. The van der Waals surface area contributed by atoms with Crippen LogP contribution in [0.2, 0.25) is 0 Å². The molecule has 1 aromatic heterocycles. The van der Waals surface area contributed by atoms with Crippen molar-refractivity contribution >= 4 is 34.6 Å². The third-order valence-electron chi connectivity index (χ3n) is 3.90. The Hall–Kier alpha value is -1.51. The van der Waals surface area contributed by atoms with Gasteiger partial charge in [0.05, 0.1) is 12.6 Å². The maximum absolute atomic E-state index is 12.0. The van der Waals surface area contributed by atoms with Crippen molar-refractivity contribution < 1.29 is 4.79 Å². The van der Waals surface area contributed by atoms with E-state index in [0.717, 1.165) is 12.2 Å². The van der Waals surface area contributed by atoms with E-state index < -0.39 is 0 Å². The van der Waals surface area contributed by atoms with Gasteiger partial charge in [0, 0.05) is 16.3 Å². The predicted octanol–water partition coefficient (Wildman–Crippen LogP) is 3.37. The van der Waals surface area contributed by atoms with Gasteiger partial charge in [-0.1, -0.05) is 6.58 Å². The summed E-state index contributed by atoms with van der Waals surface area (Å²) in [5.74, 6) is 0.953. The second-order valence-electron chi connectivity index (χ2n) is 5.23. The Morgan fingerprint density at radius 2 is 2.38 bits per heavy atom. The highest BCUT2D eigenvalue weighted by atomic mass is 32.2. The summed E-state index contributed by atoms with van der Waals surface area (Å²) in [4.78, 5) is 16.3. The fourth-order valence-corrected chi connectivity index (χ4v) is 5.13. The molecule has 108 valence electrons. The number of carbonyl (C=O) groups is 1. The molecule has 0 bridgehead atoms. The minimum Gasteiger partial charge on any atom is -0.330 e. The molecule has 1 unspecified atom stereocenters. The Balaban J connectivity index is 2.10. The van der Waals surface area contributed by atoms with Gasteiger partial charge in [-0.25, -0.2) is 0 Å². The van der Waals surface area contributed by atoms with E-state index >= 15 is 0 Å². The topological polar surface area (TPSA) is 44.1 Å². The van der Waals surface area contributed by atoms with Gasteiger partial charge in [-0.2, -0.15) is 5.26 Å². The third-order valence-corrected chi connectivity index (χ3v) is 6.10. The lowest BCUT2D eigenvalue weighted by molar-refractivity contribution is -0.126. The van der Waals surface area contributed by atoms with Crippen molar-refractivity contribution in [2.45, 2.75) is 25.1 Å². The van der Waals surface area contributed by atoms with Crippen LogP contribution in [0, 0.1) is 18.3 Å². The molecule has 0 aliphatic carbocycles. The second kappa shape index (κ2) is 5.70. The Morgan fingerprint density at radius 1 is 1.57 bits per heavy atom. The summed E-state index contributed by atoms with van der Waals surface area (Å²) in [5.41, 5.74) is 3.65. The summed E-state index contributed by atoms with van der Waals surface area (Å²) in [7, 11) is 0. The van der Waals surface area contributed by atoms with Crippen molar-refractivity contribution in [3.05, 3.63) is 39.6 Å². The first kappa shape index (κ1) is 14.4. The van der Waals surface area contributed by atoms with E-state index in [1.54, 1.807) is 23.1 Å². The molecule has 1 atom stereocenters. The summed E-state index contributed by atoms with van der Waals surface area (Å²) in [6.07, 6.45) is 2.32. The summed E-state index contributed by atoms with van der Waals surface area (Å²) in [6.45, 7) is 6.94. The zero-order valence-electron chi connectivity index (χ0n) is 11.9. The van der Waals surface area contributed by atoms with E-state index in [0.29, 0.717) is 13.1 Å². The van der Waals surface area contributed by atoms with E-state index in [9.17, 15) is 10.1 Å². The zero-order valence-corrected chi connectivity index (χ0v) is 13.5. The summed E-state index contributed by atoms with van der Waals surface area (Å²) in [6, 6.07) is 4.60. The minimum atomic E-state index is -0.0631. The SMILES string of the molecule is C=CC(=O)N1C/C(=C2/CCSC2C#N)c2cc(C)sc2C1. The molecule has 0 radical (unpaired) electrons. The molecule has 3 heterocycles. The lowest BCUT2D eigenvalue weighted by Gasteiger charge is -2.29. The molecule has 0 spiro atoms. The van der Waals surface area contributed by atoms with Crippen LogP contribution in [-0.4, -0.2) is 28.4 Å². The fourth-order valence-electron chi connectivity index (χ4n) is 2.94. The number of nitriles is 1. The van der Waals surface area contributed by atoms with Crippen LogP contribution in [0.15, 0.2) is 24.3 Å². The molecule has 1 amide bonds. The highest BCUT2D eigenvalue weighted by Gasteiger charge is 2.31. The lowest BCUT2D eigenvalue weighted by atomic mass is 9.93. The van der Waals surface area contributed by atoms with E-state index in [4.69, 9.17) is 0 Å². The first-order valence-electron chi connectivity index (χ1n) is 6.88. The van der Waals surface area contributed by atoms with Crippen LogP contribution in [0.1, 0.15) is 21.7 Å². The van der Waals surface area contributed by atoms with E-state index in [1.807, 2.05) is 4.90 Å². The van der Waals surface area contributed by atoms with Gasteiger partial charge >= 0.3 is 0 Å². The number of thioether (sulfide) groups is 1. The van der Waals surface area contributed by atoms with Gasteiger partial charge in [-0.3, -0.25) is 4.79 Å². The highest BCUT2D eigenvalue weighted by molar-refractivity contribution is 8.00. The summed E-state index contributed by atoms with van der Waals surface area (Å²) < 4.78 is 0. The Morgan fingerprint density at radius 3 is 3.10 bits per heavy atom. The van der Waals surface area contributed by atoms with Crippen molar-refractivity contribution in [2.24, 2.45) is 0 Å². The van der Waals surface area contributed by atoms with Crippen molar-refractivity contribution in [2.75, 3.05) is 12.3 Å². The number of aryl methyl sites for hydroxylation is 1. The molecule has 21 heavy (non-hydrogen) atoms. The number of thiophene rings is 1. The maximum Gasteiger partial charge on any atom is 0.246 e.